The molecule has 1 saturated heterocycles. The Hall–Kier alpha value is -4.47. The van der Waals surface area contributed by atoms with Gasteiger partial charge in [0.05, 0.1) is 6.04 Å². The van der Waals surface area contributed by atoms with E-state index < -0.39 is 47.4 Å². The molecule has 10 nitrogen and oxygen atoms in total. The van der Waals surface area contributed by atoms with Crippen LogP contribution in [0.25, 0.3) is 11.3 Å². The number of ketones is 1. The minimum Gasteiger partial charge on any atom is -0.465 e. The Bertz CT molecular complexity index is 1450. The monoisotopic (exact) mass is 588 g/mol. The lowest BCUT2D eigenvalue weighted by Gasteiger charge is -2.37. The molecule has 0 radical (unpaired) electrons. The van der Waals surface area contributed by atoms with E-state index in [1.165, 1.54) is 4.90 Å². The summed E-state index contributed by atoms with van der Waals surface area (Å²) in [7, 11) is 0. The van der Waals surface area contributed by atoms with E-state index in [0.29, 0.717) is 29.9 Å². The van der Waals surface area contributed by atoms with Crippen LogP contribution in [0.3, 0.4) is 0 Å². The van der Waals surface area contributed by atoms with Crippen LogP contribution in [0.1, 0.15) is 81.1 Å². The van der Waals surface area contributed by atoms with Gasteiger partial charge in [-0.05, 0) is 37.7 Å². The van der Waals surface area contributed by atoms with Gasteiger partial charge in [-0.1, -0.05) is 99.4 Å². The zero-order valence-electron chi connectivity index (χ0n) is 25.4. The smallest absolute Gasteiger partial charge is 0.409 e. The predicted octanol–water partition coefficient (Wildman–Crippen LogP) is 5.83. The maximum Gasteiger partial charge on any atom is 0.409 e. The van der Waals surface area contributed by atoms with Gasteiger partial charge in [0.15, 0.2) is 0 Å². The third kappa shape index (κ3) is 6.96. The van der Waals surface area contributed by atoms with Crippen molar-refractivity contribution in [1.82, 2.24) is 20.3 Å². The molecule has 0 spiro atoms. The van der Waals surface area contributed by atoms with Gasteiger partial charge in [0.1, 0.15) is 29.2 Å². The fourth-order valence-electron chi connectivity index (χ4n) is 5.76. The number of Topliss-reactive ketones (excluding diaryl/α,β-unsaturated/α-hetero) is 1. The number of rotatable bonds is 11. The molecule has 0 bridgehead atoms. The average Bonchev–Trinajstić information content (AvgIpc) is 3.53. The van der Waals surface area contributed by atoms with Crippen LogP contribution in [-0.4, -0.2) is 62.5 Å². The van der Waals surface area contributed by atoms with Crippen LogP contribution in [0.4, 0.5) is 4.79 Å². The third-order valence-corrected chi connectivity index (χ3v) is 7.96. The molecule has 228 valence electrons. The highest BCUT2D eigenvalue weighted by Crippen LogP contribution is 2.39. The summed E-state index contributed by atoms with van der Waals surface area (Å²) in [5.74, 6) is -1.84. The average molecular weight is 589 g/mol. The van der Waals surface area contributed by atoms with Crippen molar-refractivity contribution in [3.05, 3.63) is 77.6 Å². The normalized spacial score (nSPS) is 17.2. The van der Waals surface area contributed by atoms with Crippen LogP contribution in [0.15, 0.2) is 65.2 Å². The van der Waals surface area contributed by atoms with Crippen molar-refractivity contribution in [2.24, 2.45) is 5.41 Å². The van der Waals surface area contributed by atoms with E-state index in [-0.39, 0.29) is 24.9 Å². The number of carbonyl (C=O) groups is 4. The summed E-state index contributed by atoms with van der Waals surface area (Å²) < 4.78 is 5.44. The van der Waals surface area contributed by atoms with E-state index in [1.807, 2.05) is 81.4 Å². The number of aryl methyl sites for hydroxylation is 1. The Balaban J connectivity index is 1.69. The van der Waals surface area contributed by atoms with Crippen LogP contribution >= 0.6 is 0 Å². The van der Waals surface area contributed by atoms with Crippen molar-refractivity contribution in [1.29, 1.82) is 0 Å². The van der Waals surface area contributed by atoms with E-state index in [9.17, 15) is 24.3 Å². The second-order valence-corrected chi connectivity index (χ2v) is 11.9. The number of carbonyl (C=O) groups excluding carboxylic acids is 3. The number of amides is 3. The van der Waals surface area contributed by atoms with Gasteiger partial charge in [-0.2, -0.15) is 0 Å². The van der Waals surface area contributed by atoms with Crippen molar-refractivity contribution in [2.75, 3.05) is 6.54 Å². The van der Waals surface area contributed by atoms with E-state index in [0.717, 1.165) is 10.5 Å². The molecule has 0 saturated carbocycles. The molecule has 1 aromatic heterocycles. The second-order valence-electron chi connectivity index (χ2n) is 11.9. The first kappa shape index (κ1) is 31.5. The molecule has 2 unspecified atom stereocenters. The van der Waals surface area contributed by atoms with Crippen molar-refractivity contribution in [3.63, 3.8) is 0 Å². The Morgan fingerprint density at radius 2 is 1.72 bits per heavy atom. The molecule has 1 aliphatic heterocycles. The molecule has 2 aromatic carbocycles. The Kier molecular flexibility index (Phi) is 9.68. The van der Waals surface area contributed by atoms with Gasteiger partial charge >= 0.3 is 6.09 Å². The zero-order chi connectivity index (χ0) is 31.3. The molecular formula is C33H40N4O6. The molecule has 1 aliphatic rings. The third-order valence-electron chi connectivity index (χ3n) is 7.96. The van der Waals surface area contributed by atoms with Gasteiger partial charge in [-0.15, -0.1) is 0 Å². The van der Waals surface area contributed by atoms with E-state index >= 15 is 0 Å². The second kappa shape index (κ2) is 13.2. The highest BCUT2D eigenvalue weighted by molar-refractivity contribution is 6.38. The molecule has 3 amide bonds. The lowest BCUT2D eigenvalue weighted by Crippen LogP contribution is -2.58. The number of nitrogens with one attached hydrogen (secondary N) is 1. The largest absolute Gasteiger partial charge is 0.465 e. The van der Waals surface area contributed by atoms with Gasteiger partial charge < -0.3 is 19.8 Å². The summed E-state index contributed by atoms with van der Waals surface area (Å²) in [5.41, 5.74) is 1.64. The number of likely N-dealkylation sites (tertiary alicyclic amines) is 1. The zero-order valence-corrected chi connectivity index (χ0v) is 25.4. The topological polar surface area (TPSA) is 133 Å². The molecule has 4 rings (SSSR count). The summed E-state index contributed by atoms with van der Waals surface area (Å²) in [5, 5.41) is 17.4. The van der Waals surface area contributed by atoms with Crippen LogP contribution in [0, 0.1) is 12.3 Å². The first-order chi connectivity index (χ1) is 20.4. The highest BCUT2D eigenvalue weighted by atomic mass is 16.5. The Morgan fingerprint density at radius 3 is 2.33 bits per heavy atom. The van der Waals surface area contributed by atoms with Crippen molar-refractivity contribution >= 4 is 23.7 Å². The molecule has 0 aliphatic carbocycles. The molecule has 43 heavy (non-hydrogen) atoms. The summed E-state index contributed by atoms with van der Waals surface area (Å²) >= 11 is 0. The predicted molar refractivity (Wildman–Crippen MR) is 161 cm³/mol. The van der Waals surface area contributed by atoms with Crippen LogP contribution in [0.5, 0.6) is 0 Å². The van der Waals surface area contributed by atoms with E-state index in [2.05, 4.69) is 10.5 Å². The van der Waals surface area contributed by atoms with Crippen molar-refractivity contribution < 1.29 is 28.8 Å². The minimum atomic E-state index is -1.37. The molecule has 2 N–H and O–H groups in total. The maximum atomic E-state index is 14.2. The van der Waals surface area contributed by atoms with Crippen LogP contribution in [0.2, 0.25) is 0 Å². The first-order valence-electron chi connectivity index (χ1n) is 14.7. The van der Waals surface area contributed by atoms with Gasteiger partial charge in [-0.3, -0.25) is 19.3 Å². The fourth-order valence-corrected chi connectivity index (χ4v) is 5.76. The van der Waals surface area contributed by atoms with Gasteiger partial charge in [0, 0.05) is 12.1 Å². The SMILES string of the molecule is CCCCC(C(=O)C(=O)N[C@H](C)c1ccccc1)N(C(=O)O)C1CC(C)(C)CN1C(=O)c1c(-c2ccccc2)noc1C. The number of aromatic nitrogens is 1. The van der Waals surface area contributed by atoms with Crippen LogP contribution < -0.4 is 5.32 Å². The lowest BCUT2D eigenvalue weighted by atomic mass is 9.91. The summed E-state index contributed by atoms with van der Waals surface area (Å²) in [4.78, 5) is 56.7. The Morgan fingerprint density at radius 1 is 1.09 bits per heavy atom. The number of benzene rings is 2. The molecule has 3 aromatic rings. The first-order valence-corrected chi connectivity index (χ1v) is 14.7. The van der Waals surface area contributed by atoms with E-state index in [4.69, 9.17) is 4.52 Å². The molecular weight excluding hydrogens is 548 g/mol. The quantitative estimate of drug-likeness (QED) is 0.269. The number of hydrogen-bond acceptors (Lipinski definition) is 6. The van der Waals surface area contributed by atoms with Crippen LogP contribution in [-0.2, 0) is 9.59 Å². The minimum absolute atomic E-state index is 0.148. The summed E-state index contributed by atoms with van der Waals surface area (Å²) in [6.45, 7) is 9.47. The van der Waals surface area contributed by atoms with Crippen molar-refractivity contribution in [3.8, 4) is 11.3 Å². The molecule has 3 atom stereocenters. The lowest BCUT2D eigenvalue weighted by molar-refractivity contribution is -0.142. The molecule has 2 heterocycles. The standard InChI is InChI=1S/C33H40N4O6/c1-6-7-18-25(29(38)30(39)34-21(2)23-14-10-8-11-15-23)37(32(41)42)26-19-33(4,5)20-36(26)31(40)27-22(3)43-35-28(27)24-16-12-9-13-17-24/h8-17,21,25-26H,6-7,18-20H2,1-5H3,(H,34,39)(H,41,42)/t21-,25?,26?/m1/s1. The summed E-state index contributed by atoms with van der Waals surface area (Å²) in [6.07, 6.45) is -0.705. The highest BCUT2D eigenvalue weighted by Gasteiger charge is 2.49. The molecule has 10 heteroatoms. The number of nitrogens with zero attached hydrogens (tertiary/aromatic N) is 3. The van der Waals surface area contributed by atoms with Gasteiger partial charge in [0.25, 0.3) is 11.8 Å². The van der Waals surface area contributed by atoms with Crippen molar-refractivity contribution in [2.45, 2.75) is 78.6 Å². The van der Waals surface area contributed by atoms with E-state index in [1.54, 1.807) is 13.8 Å². The number of unbranched alkanes of at least 4 members (excludes halogenated alkanes) is 1. The Labute approximate surface area is 252 Å². The maximum absolute atomic E-state index is 14.2. The molecule has 1 fully saturated rings. The summed E-state index contributed by atoms with van der Waals surface area (Å²) in [6, 6.07) is 16.6. The van der Waals surface area contributed by atoms with Gasteiger partial charge in [0.2, 0.25) is 5.78 Å². The number of hydrogen-bond donors (Lipinski definition) is 2. The number of carboxylic acid groups (broad SMARTS) is 1. The van der Waals surface area contributed by atoms with Gasteiger partial charge in [-0.25, -0.2) is 4.79 Å². The fraction of sp³-hybridized carbons (Fsp3) is 0.424.